The van der Waals surface area contributed by atoms with Gasteiger partial charge in [-0.25, -0.2) is 0 Å². The lowest BCUT2D eigenvalue weighted by Crippen LogP contribution is -2.36. The predicted octanol–water partition coefficient (Wildman–Crippen LogP) is 2.24. The summed E-state index contributed by atoms with van der Waals surface area (Å²) in [6.45, 7) is 5.78. The van der Waals surface area contributed by atoms with Crippen LogP contribution in [-0.4, -0.2) is 54.0 Å². The van der Waals surface area contributed by atoms with E-state index < -0.39 is 0 Å². The van der Waals surface area contributed by atoms with Gasteiger partial charge < -0.3 is 15.5 Å². The van der Waals surface area contributed by atoms with Crippen LogP contribution in [0.5, 0.6) is 0 Å². The number of carbonyl (C=O) groups is 1. The van der Waals surface area contributed by atoms with Gasteiger partial charge in [0, 0.05) is 50.6 Å². The first-order valence-corrected chi connectivity index (χ1v) is 8.47. The molecule has 0 radical (unpaired) electrons. The maximum Gasteiger partial charge on any atom is 0.224 e. The largest absolute Gasteiger partial charge is 0.340 e. The van der Waals surface area contributed by atoms with Gasteiger partial charge in [-0.15, -0.1) is 12.4 Å². The number of carbonyl (C=O) groups excluding carboxylic acids is 1. The van der Waals surface area contributed by atoms with E-state index in [4.69, 9.17) is 5.73 Å². The first-order valence-electron chi connectivity index (χ1n) is 8.47. The maximum atomic E-state index is 12.3. The zero-order valence-electron chi connectivity index (χ0n) is 13.9. The minimum atomic E-state index is 0. The predicted molar refractivity (Wildman–Crippen MR) is 95.9 cm³/mol. The lowest BCUT2D eigenvalue weighted by Gasteiger charge is -2.23. The van der Waals surface area contributed by atoms with E-state index in [1.54, 1.807) is 0 Å². The summed E-state index contributed by atoms with van der Waals surface area (Å²) in [4.78, 5) is 16.7. The highest BCUT2D eigenvalue weighted by Crippen LogP contribution is 2.26. The molecule has 2 N–H and O–H groups in total. The summed E-state index contributed by atoms with van der Waals surface area (Å²) in [5, 5.41) is 0. The zero-order valence-corrected chi connectivity index (χ0v) is 14.7. The third kappa shape index (κ3) is 4.25. The SMILES string of the molecule is CC1CCCN1C(=O)CCN1C[C@@H](N)[C@H](c2ccccc2)C1.Cl. The average molecular weight is 338 g/mol. The normalized spacial score (nSPS) is 27.9. The van der Waals surface area contributed by atoms with Crippen LogP contribution in [0.4, 0.5) is 0 Å². The minimum Gasteiger partial charge on any atom is -0.340 e. The fourth-order valence-corrected chi connectivity index (χ4v) is 3.85. The Balaban J connectivity index is 0.00000192. The van der Waals surface area contributed by atoms with Crippen molar-refractivity contribution in [1.82, 2.24) is 9.80 Å². The van der Waals surface area contributed by atoms with Gasteiger partial charge in [-0.2, -0.15) is 0 Å². The van der Waals surface area contributed by atoms with Crippen molar-refractivity contribution in [1.29, 1.82) is 0 Å². The van der Waals surface area contributed by atoms with Gasteiger partial charge in [-0.1, -0.05) is 30.3 Å². The summed E-state index contributed by atoms with van der Waals surface area (Å²) in [6, 6.07) is 11.1. The topological polar surface area (TPSA) is 49.6 Å². The molecule has 0 aromatic heterocycles. The summed E-state index contributed by atoms with van der Waals surface area (Å²) >= 11 is 0. The summed E-state index contributed by atoms with van der Waals surface area (Å²) in [5.74, 6) is 0.698. The number of hydrogen-bond donors (Lipinski definition) is 1. The molecule has 1 aromatic rings. The maximum absolute atomic E-state index is 12.3. The van der Waals surface area contributed by atoms with Gasteiger partial charge in [0.1, 0.15) is 0 Å². The number of halogens is 1. The molecule has 0 aliphatic carbocycles. The van der Waals surface area contributed by atoms with Crippen molar-refractivity contribution in [2.24, 2.45) is 5.73 Å². The Kier molecular flexibility index (Phi) is 6.45. The highest BCUT2D eigenvalue weighted by Gasteiger charge is 2.32. The lowest BCUT2D eigenvalue weighted by molar-refractivity contribution is -0.132. The molecule has 2 aliphatic rings. The summed E-state index contributed by atoms with van der Waals surface area (Å²) in [5.41, 5.74) is 7.63. The number of benzene rings is 1. The van der Waals surface area contributed by atoms with Gasteiger partial charge >= 0.3 is 0 Å². The molecule has 3 rings (SSSR count). The quantitative estimate of drug-likeness (QED) is 0.916. The molecular formula is C18H28ClN3O. The van der Waals surface area contributed by atoms with Gasteiger partial charge in [-0.3, -0.25) is 4.79 Å². The van der Waals surface area contributed by atoms with E-state index in [0.717, 1.165) is 39.0 Å². The summed E-state index contributed by atoms with van der Waals surface area (Å²) < 4.78 is 0. The van der Waals surface area contributed by atoms with Crippen molar-refractivity contribution >= 4 is 18.3 Å². The second-order valence-electron chi connectivity index (χ2n) is 6.77. The van der Waals surface area contributed by atoms with Crippen molar-refractivity contribution in [3.8, 4) is 0 Å². The Labute approximate surface area is 145 Å². The first kappa shape index (κ1) is 18.2. The van der Waals surface area contributed by atoms with E-state index in [2.05, 4.69) is 36.1 Å². The molecular weight excluding hydrogens is 310 g/mol. The molecule has 2 fully saturated rings. The second-order valence-corrected chi connectivity index (χ2v) is 6.77. The number of rotatable bonds is 4. The summed E-state index contributed by atoms with van der Waals surface area (Å²) in [6.07, 6.45) is 2.92. The highest BCUT2D eigenvalue weighted by molar-refractivity contribution is 5.85. The molecule has 2 aliphatic heterocycles. The number of hydrogen-bond acceptors (Lipinski definition) is 3. The van der Waals surface area contributed by atoms with E-state index in [1.165, 1.54) is 5.56 Å². The zero-order chi connectivity index (χ0) is 15.5. The molecule has 23 heavy (non-hydrogen) atoms. The fraction of sp³-hybridized carbons (Fsp3) is 0.611. The molecule has 3 atom stereocenters. The Morgan fingerprint density at radius 3 is 2.65 bits per heavy atom. The van der Waals surface area contributed by atoms with Gasteiger partial charge in [0.05, 0.1) is 0 Å². The Morgan fingerprint density at radius 1 is 1.26 bits per heavy atom. The third-order valence-corrected chi connectivity index (χ3v) is 5.18. The van der Waals surface area contributed by atoms with Crippen LogP contribution in [0.15, 0.2) is 30.3 Å². The molecule has 2 heterocycles. The monoisotopic (exact) mass is 337 g/mol. The molecule has 0 bridgehead atoms. The van der Waals surface area contributed by atoms with Gasteiger partial charge in [0.25, 0.3) is 0 Å². The van der Waals surface area contributed by atoms with Crippen molar-refractivity contribution in [2.75, 3.05) is 26.2 Å². The molecule has 0 spiro atoms. The van der Waals surface area contributed by atoms with Crippen molar-refractivity contribution in [3.63, 3.8) is 0 Å². The van der Waals surface area contributed by atoms with Crippen LogP contribution in [0.3, 0.4) is 0 Å². The fourth-order valence-electron chi connectivity index (χ4n) is 3.85. The van der Waals surface area contributed by atoms with Crippen LogP contribution in [0, 0.1) is 0 Å². The van der Waals surface area contributed by atoms with Crippen LogP contribution in [-0.2, 0) is 4.79 Å². The molecule has 1 unspecified atom stereocenters. The van der Waals surface area contributed by atoms with E-state index in [9.17, 15) is 4.79 Å². The van der Waals surface area contributed by atoms with E-state index in [1.807, 2.05) is 11.0 Å². The van der Waals surface area contributed by atoms with Crippen LogP contribution >= 0.6 is 12.4 Å². The number of likely N-dealkylation sites (tertiary alicyclic amines) is 2. The van der Waals surface area contributed by atoms with Crippen LogP contribution in [0.25, 0.3) is 0 Å². The van der Waals surface area contributed by atoms with Gasteiger partial charge in [0.2, 0.25) is 5.91 Å². The average Bonchev–Trinajstić information content (AvgIpc) is 3.11. The number of nitrogens with two attached hydrogens (primary N) is 1. The standard InChI is InChI=1S/C18H27N3O.ClH/c1-14-6-5-10-21(14)18(22)9-11-20-12-16(17(19)13-20)15-7-3-2-4-8-15;/h2-4,7-8,14,16-17H,5-6,9-13,19H2,1H3;1H/t14?,16-,17+;/m0./s1. The molecule has 1 amide bonds. The minimum absolute atomic E-state index is 0. The molecule has 1 aromatic carbocycles. The molecule has 0 saturated carbocycles. The first-order chi connectivity index (χ1) is 10.6. The third-order valence-electron chi connectivity index (χ3n) is 5.18. The smallest absolute Gasteiger partial charge is 0.224 e. The molecule has 5 heteroatoms. The van der Waals surface area contributed by atoms with Crippen LogP contribution < -0.4 is 5.73 Å². The van der Waals surface area contributed by atoms with Crippen molar-refractivity contribution < 1.29 is 4.79 Å². The number of amides is 1. The van der Waals surface area contributed by atoms with Crippen LogP contribution in [0.2, 0.25) is 0 Å². The Hall–Kier alpha value is -1.10. The lowest BCUT2D eigenvalue weighted by atomic mass is 9.95. The van der Waals surface area contributed by atoms with Crippen LogP contribution in [0.1, 0.15) is 37.7 Å². The molecule has 2 saturated heterocycles. The van der Waals surface area contributed by atoms with E-state index in [0.29, 0.717) is 24.3 Å². The highest BCUT2D eigenvalue weighted by atomic mass is 35.5. The van der Waals surface area contributed by atoms with Gasteiger partial charge in [-0.05, 0) is 25.3 Å². The molecule has 4 nitrogen and oxygen atoms in total. The van der Waals surface area contributed by atoms with Crippen molar-refractivity contribution in [3.05, 3.63) is 35.9 Å². The van der Waals surface area contributed by atoms with Crippen molar-refractivity contribution in [2.45, 2.75) is 44.2 Å². The second kappa shape index (κ2) is 8.13. The summed E-state index contributed by atoms with van der Waals surface area (Å²) in [7, 11) is 0. The van der Waals surface area contributed by atoms with Gasteiger partial charge in [0.15, 0.2) is 0 Å². The van der Waals surface area contributed by atoms with E-state index in [-0.39, 0.29) is 18.4 Å². The molecule has 128 valence electrons. The number of nitrogens with zero attached hydrogens (tertiary/aromatic N) is 2. The van der Waals surface area contributed by atoms with E-state index >= 15 is 0 Å². The Bertz CT molecular complexity index is 510. The Morgan fingerprint density at radius 2 is 2.00 bits per heavy atom.